The first-order valence-electron chi connectivity index (χ1n) is 30.9. The highest BCUT2D eigenvalue weighted by Gasteiger charge is 2.46. The Bertz CT molecular complexity index is 4730. The lowest BCUT2D eigenvalue weighted by Gasteiger charge is -2.35. The van der Waals surface area contributed by atoms with Crippen molar-refractivity contribution in [2.24, 2.45) is 0 Å². The predicted octanol–water partition coefficient (Wildman–Crippen LogP) is 13.6. The molecule has 0 amide bonds. The average molecular weight is 1170 g/mol. The highest BCUT2D eigenvalue weighted by molar-refractivity contribution is 7.03. The van der Waals surface area contributed by atoms with E-state index in [2.05, 4.69) is 77.9 Å². The Morgan fingerprint density at radius 3 is 0.900 bits per heavy atom. The van der Waals surface area contributed by atoms with Gasteiger partial charge in [0.25, 0.3) is 0 Å². The van der Waals surface area contributed by atoms with E-state index in [-0.39, 0.29) is 50.7 Å². The molecule has 0 saturated heterocycles. The van der Waals surface area contributed by atoms with Crippen molar-refractivity contribution < 1.29 is 38.1 Å². The third kappa shape index (κ3) is 8.81. The van der Waals surface area contributed by atoms with Gasteiger partial charge in [0.1, 0.15) is 26.4 Å². The minimum absolute atomic E-state index is 0.107. The van der Waals surface area contributed by atoms with Crippen LogP contribution < -0.4 is 32.8 Å². The summed E-state index contributed by atoms with van der Waals surface area (Å²) in [7, 11) is 0. The minimum atomic E-state index is -0.443. The molecule has 4 aliphatic heterocycles. The van der Waals surface area contributed by atoms with Gasteiger partial charge < -0.3 is 18.9 Å². The maximum Gasteiger partial charge on any atom is 0.338 e. The van der Waals surface area contributed by atoms with Gasteiger partial charge in [0.15, 0.2) is 0 Å². The number of fused-ring (bicyclic) bond motifs is 10. The zero-order valence-electron chi connectivity index (χ0n) is 50.9. The van der Waals surface area contributed by atoms with Gasteiger partial charge in [-0.15, -0.1) is 0 Å². The summed E-state index contributed by atoms with van der Waals surface area (Å²) < 4.78 is 24.3. The fraction of sp³-hybridized carbons (Fsp3) is 0.150. The van der Waals surface area contributed by atoms with Crippen LogP contribution in [0.1, 0.15) is 116 Å². The Morgan fingerprint density at radius 2 is 0.589 bits per heavy atom. The number of benzene rings is 12. The highest BCUT2D eigenvalue weighted by atomic mass is 16.5. The van der Waals surface area contributed by atoms with Crippen LogP contribution >= 0.6 is 0 Å². The van der Waals surface area contributed by atoms with E-state index in [0.717, 1.165) is 143 Å². The molecule has 4 aliphatic rings. The summed E-state index contributed by atoms with van der Waals surface area (Å²) in [4.78, 5) is 57.8. The molecule has 0 bridgehead atoms. The third-order valence-corrected chi connectivity index (χ3v) is 19.0. The topological polar surface area (TPSA) is 105 Å². The molecule has 0 N–H and O–H groups in total. The summed E-state index contributed by atoms with van der Waals surface area (Å²) >= 11 is 0. The minimum Gasteiger partial charge on any atom is -0.457 e. The van der Waals surface area contributed by atoms with Crippen molar-refractivity contribution in [1.82, 2.24) is 0 Å². The summed E-state index contributed by atoms with van der Waals surface area (Å²) in [6, 6.07) is 68.4. The van der Waals surface area contributed by atoms with Crippen molar-refractivity contribution in [1.29, 1.82) is 0 Å². The normalized spacial score (nSPS) is 12.9. The maximum atomic E-state index is 14.7. The van der Waals surface area contributed by atoms with Gasteiger partial charge in [0.2, 0.25) is 13.4 Å². The zero-order valence-corrected chi connectivity index (χ0v) is 50.9. The van der Waals surface area contributed by atoms with Crippen LogP contribution in [0.25, 0.3) is 76.8 Å². The molecule has 0 fully saturated rings. The number of ether oxygens (including phenoxy) is 4. The Labute approximate surface area is 522 Å². The smallest absolute Gasteiger partial charge is 0.338 e. The first-order valence-corrected chi connectivity index (χ1v) is 30.9. The third-order valence-electron chi connectivity index (χ3n) is 19.0. The Kier molecular flexibility index (Phi) is 12.6. The fourth-order valence-electron chi connectivity index (χ4n) is 15.0. The molecule has 90 heavy (non-hydrogen) atoms. The van der Waals surface area contributed by atoms with E-state index in [1.807, 2.05) is 170 Å². The van der Waals surface area contributed by atoms with Crippen molar-refractivity contribution in [3.8, 4) is 44.5 Å². The molecule has 4 heterocycles. The Hall–Kier alpha value is -10.3. The second-order valence-electron chi connectivity index (χ2n) is 26.7. The molecular formula is C80H60B2O8. The van der Waals surface area contributed by atoms with E-state index in [1.165, 1.54) is 0 Å². The summed E-state index contributed by atoms with van der Waals surface area (Å²) in [6.45, 7) is 13.6. The molecule has 0 spiro atoms. The van der Waals surface area contributed by atoms with Crippen LogP contribution in [0.4, 0.5) is 0 Å². The second-order valence-corrected chi connectivity index (χ2v) is 26.7. The Morgan fingerprint density at radius 1 is 0.300 bits per heavy atom. The van der Waals surface area contributed by atoms with Crippen LogP contribution in [0, 0.1) is 0 Å². The molecule has 12 aromatic rings. The van der Waals surface area contributed by atoms with E-state index in [4.69, 9.17) is 18.9 Å². The number of hydrogen-bond donors (Lipinski definition) is 0. The molecule has 434 valence electrons. The van der Waals surface area contributed by atoms with Gasteiger partial charge in [0.05, 0.1) is 22.3 Å². The first-order chi connectivity index (χ1) is 43.6. The molecule has 0 unspecified atom stereocenters. The van der Waals surface area contributed by atoms with Crippen LogP contribution in [-0.4, -0.2) is 37.3 Å². The van der Waals surface area contributed by atoms with Crippen molar-refractivity contribution in [2.75, 3.05) is 0 Å². The lowest BCUT2D eigenvalue weighted by molar-refractivity contribution is 0.0464. The van der Waals surface area contributed by atoms with Gasteiger partial charge >= 0.3 is 23.9 Å². The molecule has 0 aliphatic carbocycles. The van der Waals surface area contributed by atoms with Gasteiger partial charge in [-0.2, -0.15) is 0 Å². The van der Waals surface area contributed by atoms with E-state index in [1.54, 1.807) is 0 Å². The van der Waals surface area contributed by atoms with Crippen molar-refractivity contribution in [2.45, 2.75) is 78.8 Å². The quantitative estimate of drug-likeness (QED) is 0.0516. The lowest BCUT2D eigenvalue weighted by Crippen LogP contribution is -2.53. The van der Waals surface area contributed by atoms with E-state index in [9.17, 15) is 19.2 Å². The molecule has 0 radical (unpaired) electrons. The molecule has 16 rings (SSSR count). The second kappa shape index (κ2) is 20.6. The van der Waals surface area contributed by atoms with Crippen molar-refractivity contribution >= 4 is 102 Å². The van der Waals surface area contributed by atoms with Gasteiger partial charge in [-0.1, -0.05) is 220 Å². The summed E-state index contributed by atoms with van der Waals surface area (Å²) in [5, 5.41) is 6.80. The largest absolute Gasteiger partial charge is 0.457 e. The molecule has 8 nitrogen and oxygen atoms in total. The molecule has 0 saturated carbocycles. The zero-order chi connectivity index (χ0) is 61.5. The highest BCUT2D eigenvalue weighted by Crippen LogP contribution is 2.51. The van der Waals surface area contributed by atoms with Crippen LogP contribution in [0.15, 0.2) is 206 Å². The SMILES string of the molecule is CC(C)(C)c1cc2c3c(cc4c(C(C)(C)C)cc5c6c(cc1c3c46)B1c3ccc(C(=O)OCc4ccccc4)cc3-c3cc(C(=O)OCc4ccccc4)cc-5c31)B1c3ccc(C(=O)OCc4ccccc4)cc3-c3cc(C(=O)OCc4ccccc4)cc-2c31. The standard InChI is InChI=1S/C80H60B2O8/c1-79(2,3)63-37-55-59-35-51(77(85)89-43-47-23-15-9-16-24-47)33-57-53-31-50(76(84)88-42-46-21-13-8-14-22-46)28-30-66(53)82(73(57)59)68-40-62-64(80(4,5)6)38-56-60-36-52(78(86)90-44-48-25-17-10-18-26-48)34-58-54-32-49(75(83)87-41-45-19-11-7-12-20-45)27-29-65(54)81(74(58)60)67-39-61(63)71(69(55)68)72(62)70(56)67/h7-40H,41-44H2,1-6H3. The number of carbonyl (C=O) groups is 4. The Balaban J connectivity index is 0.947. The van der Waals surface area contributed by atoms with Crippen molar-refractivity contribution in [3.63, 3.8) is 0 Å². The number of carbonyl (C=O) groups excluding carboxylic acids is 4. The van der Waals surface area contributed by atoms with Gasteiger partial charge in [-0.3, -0.25) is 0 Å². The molecule has 10 heteroatoms. The van der Waals surface area contributed by atoms with Crippen LogP contribution in [0.2, 0.25) is 0 Å². The summed E-state index contributed by atoms with van der Waals surface area (Å²) in [5.41, 5.74) is 20.8. The van der Waals surface area contributed by atoms with Crippen LogP contribution in [-0.2, 0) is 56.2 Å². The van der Waals surface area contributed by atoms with Crippen LogP contribution in [0.3, 0.4) is 0 Å². The summed E-state index contributed by atoms with van der Waals surface area (Å²) in [6.07, 6.45) is 0. The number of hydrogen-bond acceptors (Lipinski definition) is 8. The number of rotatable bonds is 12. The average Bonchev–Trinajstić information content (AvgIpc) is 1.19. The number of esters is 4. The van der Waals surface area contributed by atoms with E-state index < -0.39 is 23.9 Å². The fourth-order valence-corrected chi connectivity index (χ4v) is 15.0. The van der Waals surface area contributed by atoms with Crippen LogP contribution in [0.5, 0.6) is 0 Å². The monoisotopic (exact) mass is 1170 g/mol. The molecule has 0 atom stereocenters. The van der Waals surface area contributed by atoms with Crippen molar-refractivity contribution in [3.05, 3.63) is 262 Å². The van der Waals surface area contributed by atoms with E-state index in [0.29, 0.717) is 22.3 Å². The lowest BCUT2D eigenvalue weighted by atomic mass is 9.34. The van der Waals surface area contributed by atoms with Gasteiger partial charge in [-0.05, 0) is 182 Å². The van der Waals surface area contributed by atoms with Gasteiger partial charge in [-0.25, -0.2) is 19.2 Å². The molecular weight excluding hydrogens is 1110 g/mol. The predicted molar refractivity (Wildman–Crippen MR) is 361 cm³/mol. The first kappa shape index (κ1) is 55.0. The van der Waals surface area contributed by atoms with E-state index >= 15 is 0 Å². The van der Waals surface area contributed by atoms with Gasteiger partial charge in [0, 0.05) is 0 Å². The maximum absolute atomic E-state index is 14.7. The summed E-state index contributed by atoms with van der Waals surface area (Å²) in [5.74, 6) is -1.75. The molecule has 0 aromatic heterocycles. The molecule has 12 aromatic carbocycles.